The summed E-state index contributed by atoms with van der Waals surface area (Å²) in [5.74, 6) is 1.25. The number of fused-ring (bicyclic) bond motifs is 3. The van der Waals surface area contributed by atoms with E-state index in [1.165, 1.54) is 11.1 Å². The molecular weight excluding hydrogens is 577 g/mol. The minimum Gasteiger partial charge on any atom is -0.475 e. The molecule has 0 saturated heterocycles. The Morgan fingerprint density at radius 3 is 1.62 bits per heavy atom. The Labute approximate surface area is 271 Å². The zero-order valence-corrected chi connectivity index (χ0v) is 30.5. The molecule has 242 valence electrons. The highest BCUT2D eigenvalue weighted by atomic mass is 31.1. The van der Waals surface area contributed by atoms with Gasteiger partial charge in [-0.05, 0) is 63.5 Å². The molecule has 1 aromatic heterocycles. The average molecular weight is 630 g/mol. The van der Waals surface area contributed by atoms with E-state index in [1.54, 1.807) is 0 Å². The van der Waals surface area contributed by atoms with Crippen LogP contribution in [-0.4, -0.2) is 18.5 Å². The second-order valence-electron chi connectivity index (χ2n) is 16.6. The van der Waals surface area contributed by atoms with Gasteiger partial charge in [0.15, 0.2) is 0 Å². The Kier molecular flexibility index (Phi) is 8.53. The standard InChI is InChI=1S/C39H52NO4P/c1-14-26-23-41-35(40-26)27-17-15-16-18-32(27)42-45-43-33-28(19-24(36(2,3)4)21-30(33)38(8,9)10)29-20-25(37(5,6)7)22-31(34(29)44-45)39(11,12)13/h15-22,26H,14,23H2,1-13H3/t26-/m0/s1. The maximum atomic E-state index is 6.96. The van der Waals surface area contributed by atoms with Crippen molar-refractivity contribution >= 4 is 36.1 Å². The van der Waals surface area contributed by atoms with Gasteiger partial charge in [-0.3, -0.25) is 0 Å². The van der Waals surface area contributed by atoms with Gasteiger partial charge in [0.25, 0.3) is 0 Å². The van der Waals surface area contributed by atoms with Crippen LogP contribution in [0.2, 0.25) is 0 Å². The Morgan fingerprint density at radius 2 is 1.20 bits per heavy atom. The van der Waals surface area contributed by atoms with Gasteiger partial charge in [0.05, 0.1) is 11.6 Å². The van der Waals surface area contributed by atoms with Gasteiger partial charge in [0.2, 0.25) is 5.90 Å². The fourth-order valence-electron chi connectivity index (χ4n) is 5.61. The molecule has 5 nitrogen and oxygen atoms in total. The molecule has 0 aliphatic carbocycles. The third kappa shape index (κ3) is 6.85. The fourth-order valence-corrected chi connectivity index (χ4v) is 6.74. The first-order chi connectivity index (χ1) is 20.8. The lowest BCUT2D eigenvalue weighted by Crippen LogP contribution is -2.17. The van der Waals surface area contributed by atoms with Gasteiger partial charge in [0, 0.05) is 21.9 Å². The maximum Gasteiger partial charge on any atom is 0.453 e. The van der Waals surface area contributed by atoms with E-state index in [0.717, 1.165) is 45.0 Å². The van der Waals surface area contributed by atoms with Crippen molar-refractivity contribution in [3.8, 4) is 5.75 Å². The van der Waals surface area contributed by atoms with Crippen LogP contribution in [0.4, 0.5) is 0 Å². The largest absolute Gasteiger partial charge is 0.475 e. The van der Waals surface area contributed by atoms with E-state index in [4.69, 9.17) is 22.6 Å². The summed E-state index contributed by atoms with van der Waals surface area (Å²) >= 11 is 0. The van der Waals surface area contributed by atoms with Gasteiger partial charge in [-0.1, -0.05) is 114 Å². The second kappa shape index (κ2) is 11.6. The lowest BCUT2D eigenvalue weighted by molar-refractivity contribution is 0.314. The lowest BCUT2D eigenvalue weighted by Gasteiger charge is -2.27. The van der Waals surface area contributed by atoms with E-state index in [2.05, 4.69) is 114 Å². The maximum absolute atomic E-state index is 6.96. The second-order valence-corrected chi connectivity index (χ2v) is 17.6. The van der Waals surface area contributed by atoms with Gasteiger partial charge < -0.3 is 17.7 Å². The molecule has 1 aliphatic heterocycles. The zero-order chi connectivity index (χ0) is 33.1. The zero-order valence-electron chi connectivity index (χ0n) is 29.6. The van der Waals surface area contributed by atoms with Gasteiger partial charge in [0.1, 0.15) is 23.5 Å². The van der Waals surface area contributed by atoms with E-state index in [9.17, 15) is 0 Å². The number of hydrogen-bond donors (Lipinski definition) is 0. The number of aliphatic imine (C=N–C) groups is 1. The first-order valence-electron chi connectivity index (χ1n) is 16.3. The van der Waals surface area contributed by atoms with Gasteiger partial charge in [-0.25, -0.2) is 4.99 Å². The van der Waals surface area contributed by atoms with Crippen molar-refractivity contribution in [2.45, 2.75) is 124 Å². The van der Waals surface area contributed by atoms with Crippen LogP contribution in [0.5, 0.6) is 5.75 Å². The molecule has 0 fully saturated rings. The van der Waals surface area contributed by atoms with Crippen molar-refractivity contribution in [2.24, 2.45) is 4.99 Å². The molecule has 2 heterocycles. The minimum atomic E-state index is -1.91. The van der Waals surface area contributed by atoms with E-state index in [-0.39, 0.29) is 27.7 Å². The van der Waals surface area contributed by atoms with Gasteiger partial charge >= 0.3 is 8.24 Å². The number of hydrogen-bond acceptors (Lipinski definition) is 5. The fraction of sp³-hybridized carbons (Fsp3) is 0.513. The lowest BCUT2D eigenvalue weighted by atomic mass is 9.77. The minimum absolute atomic E-state index is 0.0601. The summed E-state index contributed by atoms with van der Waals surface area (Å²) < 4.78 is 26.7. The number of ether oxygens (including phenoxy) is 1. The molecule has 0 unspecified atom stereocenters. The average Bonchev–Trinajstić information content (AvgIpc) is 3.34. The van der Waals surface area contributed by atoms with E-state index < -0.39 is 8.24 Å². The highest BCUT2D eigenvalue weighted by molar-refractivity contribution is 7.32. The van der Waals surface area contributed by atoms with Crippen LogP contribution in [0.15, 0.2) is 61.9 Å². The molecule has 0 N–H and O–H groups in total. The van der Waals surface area contributed by atoms with Crippen molar-refractivity contribution in [3.63, 3.8) is 0 Å². The van der Waals surface area contributed by atoms with Crippen LogP contribution in [0, 0.1) is 0 Å². The molecule has 0 radical (unpaired) electrons. The van der Waals surface area contributed by atoms with Crippen LogP contribution in [0.1, 0.15) is 124 Å². The SMILES string of the molecule is CC[C@H]1COC(c2ccccc2Op2oc3c(C(C)(C)C)cc(C(C)(C)C)cc3c3cc(C(C)(C)C)cc(C(C)(C)C)c3o2)=N1. The highest BCUT2D eigenvalue weighted by Crippen LogP contribution is 2.46. The molecule has 4 aromatic rings. The summed E-state index contributed by atoms with van der Waals surface area (Å²) in [6, 6.07) is 17.3. The molecule has 0 bridgehead atoms. The number of nitrogens with zero attached hydrogens (tertiary/aromatic N) is 1. The molecule has 0 saturated carbocycles. The summed E-state index contributed by atoms with van der Waals surface area (Å²) in [5.41, 5.74) is 6.76. The van der Waals surface area contributed by atoms with E-state index >= 15 is 0 Å². The third-order valence-electron chi connectivity index (χ3n) is 8.62. The summed E-state index contributed by atoms with van der Waals surface area (Å²) in [6.45, 7) is 29.8. The molecular formula is C39H52NO4P. The van der Waals surface area contributed by atoms with Crippen molar-refractivity contribution < 1.29 is 17.7 Å². The van der Waals surface area contributed by atoms with Crippen LogP contribution in [0.3, 0.4) is 0 Å². The molecule has 5 rings (SSSR count). The van der Waals surface area contributed by atoms with Crippen molar-refractivity contribution in [3.05, 3.63) is 76.3 Å². The Balaban J connectivity index is 1.93. The number of rotatable bonds is 4. The summed E-state index contributed by atoms with van der Waals surface area (Å²) in [4.78, 5) is 4.82. The topological polar surface area (TPSA) is 57.1 Å². The van der Waals surface area contributed by atoms with Crippen LogP contribution in [-0.2, 0) is 26.4 Å². The van der Waals surface area contributed by atoms with Gasteiger partial charge in [-0.2, -0.15) is 0 Å². The predicted octanol–water partition coefficient (Wildman–Crippen LogP) is 11.9. The van der Waals surface area contributed by atoms with Crippen molar-refractivity contribution in [1.82, 2.24) is 0 Å². The normalized spacial score (nSPS) is 16.2. The quantitative estimate of drug-likeness (QED) is 0.225. The van der Waals surface area contributed by atoms with Crippen LogP contribution in [0.25, 0.3) is 21.9 Å². The highest BCUT2D eigenvalue weighted by Gasteiger charge is 2.29. The van der Waals surface area contributed by atoms with Gasteiger partial charge in [-0.15, -0.1) is 0 Å². The smallest absolute Gasteiger partial charge is 0.453 e. The molecule has 1 atom stereocenters. The first-order valence-corrected chi connectivity index (χ1v) is 17.4. The molecule has 0 spiro atoms. The molecule has 0 amide bonds. The van der Waals surface area contributed by atoms with Crippen molar-refractivity contribution in [2.75, 3.05) is 6.61 Å². The monoisotopic (exact) mass is 629 g/mol. The molecule has 6 heteroatoms. The Morgan fingerprint density at radius 1 is 0.711 bits per heavy atom. The third-order valence-corrected chi connectivity index (χ3v) is 9.63. The van der Waals surface area contributed by atoms with Crippen molar-refractivity contribution in [1.29, 1.82) is 0 Å². The Bertz CT molecular complexity index is 1710. The van der Waals surface area contributed by atoms with Crippen LogP contribution >= 0.6 is 8.24 Å². The molecule has 1 aliphatic rings. The summed E-state index contributed by atoms with van der Waals surface area (Å²) in [7, 11) is -1.91. The first kappa shape index (κ1) is 33.2. The predicted molar refractivity (Wildman–Crippen MR) is 190 cm³/mol. The molecule has 45 heavy (non-hydrogen) atoms. The van der Waals surface area contributed by atoms with E-state index in [0.29, 0.717) is 18.3 Å². The number of para-hydroxylation sites is 1. The number of benzene rings is 3. The van der Waals surface area contributed by atoms with E-state index in [1.807, 2.05) is 24.3 Å². The van der Waals surface area contributed by atoms with Crippen LogP contribution < -0.4 is 4.52 Å². The summed E-state index contributed by atoms with van der Waals surface area (Å²) in [5, 5.41) is 2.10. The Hall–Kier alpha value is -3.17. The summed E-state index contributed by atoms with van der Waals surface area (Å²) in [6.07, 6.45) is 0.928. The molecule has 3 aromatic carbocycles.